The molecule has 0 radical (unpaired) electrons. The van der Waals surface area contributed by atoms with E-state index in [0.717, 1.165) is 36.7 Å². The normalized spacial score (nSPS) is 23.6. The lowest BCUT2D eigenvalue weighted by molar-refractivity contribution is -0.132. The van der Waals surface area contributed by atoms with Crippen molar-refractivity contribution in [2.75, 3.05) is 0 Å². The van der Waals surface area contributed by atoms with Crippen molar-refractivity contribution in [2.24, 2.45) is 23.7 Å². The summed E-state index contributed by atoms with van der Waals surface area (Å²) < 4.78 is 0. The lowest BCUT2D eigenvalue weighted by atomic mass is 9.70. The van der Waals surface area contributed by atoms with Gasteiger partial charge in [-0.05, 0) is 67.7 Å². The van der Waals surface area contributed by atoms with Gasteiger partial charge in [-0.15, -0.1) is 0 Å². The first-order valence-electron chi connectivity index (χ1n) is 13.4. The third-order valence-corrected chi connectivity index (χ3v) is 8.07. The molecule has 0 aliphatic heterocycles. The molecule has 194 valence electrons. The molecular weight excluding hydrogens is 464 g/mol. The predicted molar refractivity (Wildman–Crippen MR) is 142 cm³/mol. The van der Waals surface area contributed by atoms with Crippen LogP contribution in [-0.4, -0.2) is 28.7 Å². The molecule has 0 aromatic heterocycles. The average Bonchev–Trinajstić information content (AvgIpc) is 2.91. The van der Waals surface area contributed by atoms with Crippen molar-refractivity contribution in [3.63, 3.8) is 0 Å². The van der Waals surface area contributed by atoms with Gasteiger partial charge in [0.15, 0.2) is 5.78 Å². The minimum absolute atomic E-state index is 0.0233. The molecule has 0 amide bonds. The van der Waals surface area contributed by atoms with E-state index in [1.807, 2.05) is 0 Å². The van der Waals surface area contributed by atoms with Crippen molar-refractivity contribution >= 4 is 23.6 Å². The topological polar surface area (TPSA) is 88.5 Å². The van der Waals surface area contributed by atoms with Gasteiger partial charge in [-0.25, -0.2) is 0 Å². The first-order chi connectivity index (χ1) is 17.8. The molecule has 1 N–H and O–H groups in total. The molecule has 5 heteroatoms. The first-order valence-corrected chi connectivity index (χ1v) is 13.4. The summed E-state index contributed by atoms with van der Waals surface area (Å²) in [5.41, 5.74) is 3.43. The van der Waals surface area contributed by atoms with Crippen LogP contribution in [0.4, 0.5) is 0 Å². The van der Waals surface area contributed by atoms with Crippen molar-refractivity contribution in [2.45, 2.75) is 64.7 Å². The molecule has 1 fully saturated rings. The van der Waals surface area contributed by atoms with Crippen LogP contribution in [0, 0.1) is 23.7 Å². The fourth-order valence-corrected chi connectivity index (χ4v) is 5.64. The zero-order chi connectivity index (χ0) is 26.4. The van der Waals surface area contributed by atoms with Gasteiger partial charge in [0.05, 0.1) is 0 Å². The van der Waals surface area contributed by atoms with Gasteiger partial charge < -0.3 is 9.90 Å². The van der Waals surface area contributed by atoms with Crippen LogP contribution in [0.5, 0.6) is 5.75 Å². The maximum absolute atomic E-state index is 13.1. The molecule has 2 aromatic carbocycles. The summed E-state index contributed by atoms with van der Waals surface area (Å²) in [6.45, 7) is 2.23. The molecule has 37 heavy (non-hydrogen) atoms. The smallest absolute Gasteiger partial charge is 0.167 e. The SMILES string of the molecule is CC1CC=C(CC(=O)C2CCC(C(=O)Cc3ccc(C(=O)Cc4ccc(O)cc4)cc3)C(C=O)C2)CC1. The van der Waals surface area contributed by atoms with E-state index in [-0.39, 0.29) is 47.8 Å². The maximum atomic E-state index is 13.1. The van der Waals surface area contributed by atoms with Crippen LogP contribution in [0.2, 0.25) is 0 Å². The van der Waals surface area contributed by atoms with E-state index >= 15 is 0 Å². The molecule has 0 saturated heterocycles. The number of aromatic hydroxyl groups is 1. The minimum atomic E-state index is -0.415. The monoisotopic (exact) mass is 500 g/mol. The van der Waals surface area contributed by atoms with E-state index < -0.39 is 5.92 Å². The van der Waals surface area contributed by atoms with Gasteiger partial charge in [0.25, 0.3) is 0 Å². The second-order valence-corrected chi connectivity index (χ2v) is 10.9. The molecular formula is C32H36O5. The maximum Gasteiger partial charge on any atom is 0.167 e. The second-order valence-electron chi connectivity index (χ2n) is 10.9. The Morgan fingerprint density at radius 1 is 0.865 bits per heavy atom. The molecule has 2 aliphatic rings. The molecule has 0 spiro atoms. The second kappa shape index (κ2) is 12.3. The summed E-state index contributed by atoms with van der Waals surface area (Å²) in [6.07, 6.45) is 8.86. The highest BCUT2D eigenvalue weighted by molar-refractivity contribution is 5.97. The lowest BCUT2D eigenvalue weighted by Gasteiger charge is -2.32. The third kappa shape index (κ3) is 7.12. The van der Waals surface area contributed by atoms with Crippen molar-refractivity contribution < 1.29 is 24.3 Å². The Balaban J connectivity index is 1.30. The standard InChI is InChI=1S/C32H36O5/c1-21-2-4-22(5-3-21)17-31(36)26-12-15-29(27(19-26)20-33)32(37)18-23-6-10-25(11-7-23)30(35)16-24-8-13-28(34)14-9-24/h4,6-11,13-14,20-21,26-27,29,34H,2-3,5,12,15-19H2,1H3. The number of allylic oxidation sites excluding steroid dienone is 2. The van der Waals surface area contributed by atoms with E-state index in [2.05, 4.69) is 13.0 Å². The fourth-order valence-electron chi connectivity index (χ4n) is 5.64. The van der Waals surface area contributed by atoms with Crippen LogP contribution >= 0.6 is 0 Å². The lowest BCUT2D eigenvalue weighted by Crippen LogP contribution is -2.35. The zero-order valence-electron chi connectivity index (χ0n) is 21.5. The summed E-state index contributed by atoms with van der Waals surface area (Å²) in [5, 5.41) is 9.39. The van der Waals surface area contributed by atoms with E-state index in [1.54, 1.807) is 48.5 Å². The highest BCUT2D eigenvalue weighted by atomic mass is 16.3. The number of hydrogen-bond acceptors (Lipinski definition) is 5. The van der Waals surface area contributed by atoms with Crippen LogP contribution in [0.1, 0.15) is 73.4 Å². The number of carbonyl (C=O) groups is 4. The number of carbonyl (C=O) groups excluding carboxylic acids is 4. The number of phenolic OH excluding ortho intramolecular Hbond substituents is 1. The summed E-state index contributed by atoms with van der Waals surface area (Å²) in [5.74, 6) is 0.135. The van der Waals surface area contributed by atoms with Crippen LogP contribution in [0.15, 0.2) is 60.2 Å². The number of ketones is 3. The number of hydrogen-bond donors (Lipinski definition) is 1. The van der Waals surface area contributed by atoms with Crippen molar-refractivity contribution in [1.29, 1.82) is 0 Å². The zero-order valence-corrected chi connectivity index (χ0v) is 21.5. The van der Waals surface area contributed by atoms with E-state index in [4.69, 9.17) is 0 Å². The van der Waals surface area contributed by atoms with Crippen molar-refractivity contribution in [3.8, 4) is 5.75 Å². The Morgan fingerprint density at radius 2 is 1.54 bits per heavy atom. The molecule has 0 bridgehead atoms. The van der Waals surface area contributed by atoms with Crippen LogP contribution in [0.25, 0.3) is 0 Å². The Morgan fingerprint density at radius 3 is 2.19 bits per heavy atom. The minimum Gasteiger partial charge on any atom is -0.508 e. The predicted octanol–water partition coefficient (Wildman–Crippen LogP) is 5.87. The van der Waals surface area contributed by atoms with Gasteiger partial charge >= 0.3 is 0 Å². The van der Waals surface area contributed by atoms with Gasteiger partial charge in [0.1, 0.15) is 23.6 Å². The molecule has 2 aliphatic carbocycles. The van der Waals surface area contributed by atoms with E-state index in [1.165, 1.54) is 5.57 Å². The highest BCUT2D eigenvalue weighted by Crippen LogP contribution is 2.36. The van der Waals surface area contributed by atoms with Gasteiger partial charge in [0.2, 0.25) is 0 Å². The van der Waals surface area contributed by atoms with E-state index in [9.17, 15) is 24.3 Å². The Labute approximate surface area is 219 Å². The largest absolute Gasteiger partial charge is 0.508 e. The number of Topliss-reactive ketones (excluding diaryl/α,β-unsaturated/α-hetero) is 3. The summed E-state index contributed by atoms with van der Waals surface area (Å²) in [6, 6.07) is 13.6. The molecule has 4 unspecified atom stereocenters. The molecule has 4 rings (SSSR count). The van der Waals surface area contributed by atoms with E-state index in [0.29, 0.717) is 37.2 Å². The van der Waals surface area contributed by atoms with Crippen molar-refractivity contribution in [3.05, 3.63) is 76.9 Å². The van der Waals surface area contributed by atoms with Gasteiger partial charge in [0, 0.05) is 42.6 Å². The van der Waals surface area contributed by atoms with Gasteiger partial charge in [-0.1, -0.05) is 55.0 Å². The quantitative estimate of drug-likeness (QED) is 0.251. The fraction of sp³-hybridized carbons (Fsp3) is 0.438. The Kier molecular flexibility index (Phi) is 8.86. The molecule has 1 saturated carbocycles. The summed E-state index contributed by atoms with van der Waals surface area (Å²) in [7, 11) is 0. The average molecular weight is 501 g/mol. The van der Waals surface area contributed by atoms with Crippen molar-refractivity contribution in [1.82, 2.24) is 0 Å². The summed E-state index contributed by atoms with van der Waals surface area (Å²) in [4.78, 5) is 50.5. The number of benzene rings is 2. The van der Waals surface area contributed by atoms with Gasteiger partial charge in [-0.2, -0.15) is 0 Å². The number of aldehydes is 1. The highest BCUT2D eigenvalue weighted by Gasteiger charge is 2.37. The molecule has 5 nitrogen and oxygen atoms in total. The van der Waals surface area contributed by atoms with Crippen LogP contribution < -0.4 is 0 Å². The van der Waals surface area contributed by atoms with Gasteiger partial charge in [-0.3, -0.25) is 14.4 Å². The number of rotatable bonds is 10. The molecule has 0 heterocycles. The first kappa shape index (κ1) is 26.7. The molecule has 4 atom stereocenters. The summed E-state index contributed by atoms with van der Waals surface area (Å²) >= 11 is 0. The number of phenols is 1. The molecule has 2 aromatic rings. The Hall–Kier alpha value is -3.34. The van der Waals surface area contributed by atoms with Crippen LogP contribution in [0.3, 0.4) is 0 Å². The third-order valence-electron chi connectivity index (χ3n) is 8.07. The van der Waals surface area contributed by atoms with Crippen LogP contribution in [-0.2, 0) is 27.2 Å². The Bertz CT molecular complexity index is 1160.